The molecule has 0 saturated heterocycles. The van der Waals surface area contributed by atoms with Gasteiger partial charge in [-0.15, -0.1) is 0 Å². The van der Waals surface area contributed by atoms with Crippen molar-refractivity contribution < 1.29 is 14.6 Å². The number of carbonyl (C=O) groups is 1. The quantitative estimate of drug-likeness (QED) is 0.877. The van der Waals surface area contributed by atoms with Gasteiger partial charge in [0.05, 0.1) is 17.0 Å². The summed E-state index contributed by atoms with van der Waals surface area (Å²) in [5, 5.41) is 12.4. The van der Waals surface area contributed by atoms with Gasteiger partial charge in [-0.05, 0) is 54.5 Å². The Hall–Kier alpha value is -1.07. The van der Waals surface area contributed by atoms with Gasteiger partial charge in [0, 0.05) is 6.04 Å². The summed E-state index contributed by atoms with van der Waals surface area (Å²) in [5.74, 6) is -0.115. The van der Waals surface area contributed by atoms with Crippen LogP contribution in [-0.4, -0.2) is 25.2 Å². The second kappa shape index (κ2) is 5.71. The molecule has 0 saturated carbocycles. The number of benzene rings is 1. The summed E-state index contributed by atoms with van der Waals surface area (Å²) in [7, 11) is 3.35. The summed E-state index contributed by atoms with van der Waals surface area (Å²) >= 11 is 3.41. The average molecular weight is 316 g/mol. The predicted molar refractivity (Wildman–Crippen MR) is 73.9 cm³/mol. The standard InChI is InChI=1S/C13H18BrNO3/c1-13(2,12(16)17)11(15-3)8-5-6-10(18-4)9(14)7-8/h5-7,11,15H,1-4H3,(H,16,17). The first-order valence-electron chi connectivity index (χ1n) is 5.58. The minimum Gasteiger partial charge on any atom is -0.496 e. The summed E-state index contributed by atoms with van der Waals surface area (Å²) in [4.78, 5) is 11.3. The molecule has 0 fully saturated rings. The van der Waals surface area contributed by atoms with E-state index < -0.39 is 11.4 Å². The molecule has 0 radical (unpaired) electrons. The summed E-state index contributed by atoms with van der Waals surface area (Å²) in [6, 6.07) is 5.29. The fraction of sp³-hybridized carbons (Fsp3) is 0.462. The minimum absolute atomic E-state index is 0.280. The van der Waals surface area contributed by atoms with E-state index in [-0.39, 0.29) is 6.04 Å². The number of methoxy groups -OCH3 is 1. The van der Waals surface area contributed by atoms with E-state index in [4.69, 9.17) is 4.74 Å². The molecule has 4 nitrogen and oxygen atoms in total. The van der Waals surface area contributed by atoms with Gasteiger partial charge in [-0.1, -0.05) is 6.07 Å². The first kappa shape index (κ1) is 15.0. The zero-order valence-electron chi connectivity index (χ0n) is 11.0. The minimum atomic E-state index is -0.900. The summed E-state index contributed by atoms with van der Waals surface area (Å²) in [6.45, 7) is 3.41. The van der Waals surface area contributed by atoms with Crippen LogP contribution >= 0.6 is 15.9 Å². The Morgan fingerprint density at radius 3 is 2.50 bits per heavy atom. The van der Waals surface area contributed by atoms with Crippen molar-refractivity contribution >= 4 is 21.9 Å². The lowest BCUT2D eigenvalue weighted by atomic mass is 9.80. The van der Waals surface area contributed by atoms with Crippen molar-refractivity contribution in [2.75, 3.05) is 14.2 Å². The molecule has 0 heterocycles. The Morgan fingerprint density at radius 2 is 2.11 bits per heavy atom. The van der Waals surface area contributed by atoms with Gasteiger partial charge in [0.25, 0.3) is 0 Å². The SMILES string of the molecule is CNC(c1ccc(OC)c(Br)c1)C(C)(C)C(=O)O. The van der Waals surface area contributed by atoms with E-state index in [0.29, 0.717) is 0 Å². The predicted octanol–water partition coefficient (Wildman–Crippen LogP) is 2.83. The van der Waals surface area contributed by atoms with Crippen LogP contribution in [0.5, 0.6) is 5.75 Å². The molecule has 2 N–H and O–H groups in total. The van der Waals surface area contributed by atoms with Crippen molar-refractivity contribution in [3.05, 3.63) is 28.2 Å². The second-order valence-corrected chi connectivity index (χ2v) is 5.50. The average Bonchev–Trinajstić information content (AvgIpc) is 2.29. The van der Waals surface area contributed by atoms with Crippen molar-refractivity contribution in [2.24, 2.45) is 5.41 Å². The van der Waals surface area contributed by atoms with Crippen LogP contribution in [0.1, 0.15) is 25.5 Å². The summed E-state index contributed by atoms with van der Waals surface area (Å²) < 4.78 is 5.97. The molecule has 1 unspecified atom stereocenters. The number of halogens is 1. The van der Waals surface area contributed by atoms with Crippen LogP contribution in [0.25, 0.3) is 0 Å². The van der Waals surface area contributed by atoms with Gasteiger partial charge in [-0.25, -0.2) is 0 Å². The Labute approximate surface area is 115 Å². The number of hydrogen-bond acceptors (Lipinski definition) is 3. The number of carboxylic acid groups (broad SMARTS) is 1. The second-order valence-electron chi connectivity index (χ2n) is 4.64. The fourth-order valence-corrected chi connectivity index (χ4v) is 2.49. The van der Waals surface area contributed by atoms with Crippen molar-refractivity contribution in [3.63, 3.8) is 0 Å². The van der Waals surface area contributed by atoms with Crippen LogP contribution in [0.15, 0.2) is 22.7 Å². The maximum atomic E-state index is 11.3. The van der Waals surface area contributed by atoms with Gasteiger partial charge < -0.3 is 15.2 Å². The van der Waals surface area contributed by atoms with Crippen LogP contribution in [-0.2, 0) is 4.79 Å². The highest BCUT2D eigenvalue weighted by molar-refractivity contribution is 9.10. The van der Waals surface area contributed by atoms with Crippen LogP contribution in [0, 0.1) is 5.41 Å². The molecule has 5 heteroatoms. The lowest BCUT2D eigenvalue weighted by molar-refractivity contribution is -0.148. The molecular weight excluding hydrogens is 298 g/mol. The van der Waals surface area contributed by atoms with Crippen LogP contribution in [0.4, 0.5) is 0 Å². The Morgan fingerprint density at radius 1 is 1.50 bits per heavy atom. The molecule has 0 aliphatic heterocycles. The zero-order valence-corrected chi connectivity index (χ0v) is 12.5. The third-order valence-corrected chi connectivity index (χ3v) is 3.69. The number of aliphatic carboxylic acids is 1. The molecule has 1 aromatic rings. The van der Waals surface area contributed by atoms with Crippen molar-refractivity contribution in [1.29, 1.82) is 0 Å². The fourth-order valence-electron chi connectivity index (χ4n) is 1.93. The largest absolute Gasteiger partial charge is 0.496 e. The van der Waals surface area contributed by atoms with E-state index in [2.05, 4.69) is 21.2 Å². The molecule has 0 aliphatic carbocycles. The highest BCUT2D eigenvalue weighted by Crippen LogP contribution is 2.36. The summed E-state index contributed by atoms with van der Waals surface area (Å²) in [5.41, 5.74) is 0.000511. The molecule has 0 aliphatic rings. The molecule has 0 aromatic heterocycles. The Bertz CT molecular complexity index is 446. The van der Waals surface area contributed by atoms with E-state index in [0.717, 1.165) is 15.8 Å². The third kappa shape index (κ3) is 2.84. The van der Waals surface area contributed by atoms with Crippen molar-refractivity contribution in [3.8, 4) is 5.75 Å². The number of ether oxygens (including phenoxy) is 1. The smallest absolute Gasteiger partial charge is 0.311 e. The first-order valence-corrected chi connectivity index (χ1v) is 6.38. The zero-order chi connectivity index (χ0) is 13.9. The number of rotatable bonds is 5. The van der Waals surface area contributed by atoms with E-state index in [1.54, 1.807) is 28.0 Å². The third-order valence-electron chi connectivity index (χ3n) is 3.07. The van der Waals surface area contributed by atoms with Gasteiger partial charge in [-0.3, -0.25) is 4.79 Å². The molecular formula is C13H18BrNO3. The molecule has 0 amide bonds. The van der Waals surface area contributed by atoms with Crippen LogP contribution in [0.2, 0.25) is 0 Å². The maximum Gasteiger partial charge on any atom is 0.311 e. The topological polar surface area (TPSA) is 58.6 Å². The number of carboxylic acids is 1. The molecule has 0 spiro atoms. The highest BCUT2D eigenvalue weighted by Gasteiger charge is 2.37. The van der Waals surface area contributed by atoms with Gasteiger partial charge in [-0.2, -0.15) is 0 Å². The van der Waals surface area contributed by atoms with Crippen molar-refractivity contribution in [2.45, 2.75) is 19.9 Å². The van der Waals surface area contributed by atoms with Crippen LogP contribution in [0.3, 0.4) is 0 Å². The van der Waals surface area contributed by atoms with E-state index >= 15 is 0 Å². The molecule has 1 atom stereocenters. The molecule has 100 valence electrons. The van der Waals surface area contributed by atoms with E-state index in [1.165, 1.54) is 0 Å². The Balaban J connectivity index is 3.18. The monoisotopic (exact) mass is 315 g/mol. The first-order chi connectivity index (χ1) is 8.34. The van der Waals surface area contributed by atoms with Crippen LogP contribution < -0.4 is 10.1 Å². The lowest BCUT2D eigenvalue weighted by Crippen LogP contribution is -2.38. The Kier molecular flexibility index (Phi) is 4.76. The van der Waals surface area contributed by atoms with Gasteiger partial charge >= 0.3 is 5.97 Å². The lowest BCUT2D eigenvalue weighted by Gasteiger charge is -2.30. The normalized spacial score (nSPS) is 13.2. The number of hydrogen-bond donors (Lipinski definition) is 2. The van der Waals surface area contributed by atoms with E-state index in [9.17, 15) is 9.90 Å². The molecule has 0 bridgehead atoms. The van der Waals surface area contributed by atoms with Crippen molar-refractivity contribution in [1.82, 2.24) is 5.32 Å². The molecule has 18 heavy (non-hydrogen) atoms. The molecule has 1 rings (SSSR count). The van der Waals surface area contributed by atoms with E-state index in [1.807, 2.05) is 18.2 Å². The molecule has 1 aromatic carbocycles. The maximum absolute atomic E-state index is 11.3. The van der Waals surface area contributed by atoms with Gasteiger partial charge in [0.2, 0.25) is 0 Å². The van der Waals surface area contributed by atoms with Gasteiger partial charge in [0.15, 0.2) is 0 Å². The van der Waals surface area contributed by atoms with Gasteiger partial charge in [0.1, 0.15) is 5.75 Å². The summed E-state index contributed by atoms with van der Waals surface area (Å²) in [6.07, 6.45) is 0. The number of nitrogens with one attached hydrogen (secondary N) is 1. The highest BCUT2D eigenvalue weighted by atomic mass is 79.9.